The van der Waals surface area contributed by atoms with Crippen LogP contribution in [0.15, 0.2) is 6.33 Å². The van der Waals surface area contributed by atoms with Crippen LogP contribution in [-0.4, -0.2) is 38.8 Å². The van der Waals surface area contributed by atoms with Crippen molar-refractivity contribution in [2.45, 2.75) is 52.7 Å². The summed E-state index contributed by atoms with van der Waals surface area (Å²) in [6.07, 6.45) is 4.13. The monoisotopic (exact) mass is 265 g/mol. The van der Waals surface area contributed by atoms with Crippen molar-refractivity contribution in [3.63, 3.8) is 0 Å². The summed E-state index contributed by atoms with van der Waals surface area (Å²) in [7, 11) is 0. The lowest BCUT2D eigenvalue weighted by Crippen LogP contribution is -2.46. The quantitative estimate of drug-likeness (QED) is 0.876. The van der Waals surface area contributed by atoms with E-state index in [2.05, 4.69) is 35.8 Å². The highest BCUT2D eigenvalue weighted by molar-refractivity contribution is 4.89. The third-order valence-corrected chi connectivity index (χ3v) is 3.95. The number of hydrogen-bond donors (Lipinski definition) is 1. The van der Waals surface area contributed by atoms with E-state index in [1.54, 1.807) is 6.33 Å². The van der Waals surface area contributed by atoms with Gasteiger partial charge in [0.05, 0.1) is 6.54 Å². The summed E-state index contributed by atoms with van der Waals surface area (Å²) < 4.78 is 2.04. The Bertz CT molecular complexity index is 387. The molecule has 0 saturated carbocycles. The zero-order valence-corrected chi connectivity index (χ0v) is 12.4. The number of nitrogens with zero attached hydrogens (tertiary/aromatic N) is 4. The number of rotatable bonds is 5. The number of likely N-dealkylation sites (tertiary alicyclic amines) is 1. The minimum absolute atomic E-state index is 0.493. The molecule has 1 aliphatic rings. The summed E-state index contributed by atoms with van der Waals surface area (Å²) in [6.45, 7) is 10.4. The first-order valence-corrected chi connectivity index (χ1v) is 7.41. The molecular weight excluding hydrogens is 238 g/mol. The zero-order chi connectivity index (χ0) is 13.8. The molecule has 2 unspecified atom stereocenters. The van der Waals surface area contributed by atoms with Crippen LogP contribution in [-0.2, 0) is 13.1 Å². The smallest absolute Gasteiger partial charge is 0.141 e. The average molecular weight is 265 g/mol. The third-order valence-electron chi connectivity index (χ3n) is 3.95. The van der Waals surface area contributed by atoms with Crippen molar-refractivity contribution < 1.29 is 0 Å². The fourth-order valence-electron chi connectivity index (χ4n) is 2.84. The zero-order valence-electron chi connectivity index (χ0n) is 12.4. The maximum absolute atomic E-state index is 5.92. The first-order chi connectivity index (χ1) is 9.10. The summed E-state index contributed by atoms with van der Waals surface area (Å²) in [5.41, 5.74) is 5.92. The number of nitrogens with two attached hydrogens (primary N) is 1. The van der Waals surface area contributed by atoms with Gasteiger partial charge in [-0.3, -0.25) is 4.90 Å². The molecule has 1 fully saturated rings. The van der Waals surface area contributed by atoms with Crippen LogP contribution in [0, 0.1) is 11.8 Å². The van der Waals surface area contributed by atoms with Gasteiger partial charge in [0.2, 0.25) is 0 Å². The highest BCUT2D eigenvalue weighted by atomic mass is 15.4. The summed E-state index contributed by atoms with van der Waals surface area (Å²) in [5.74, 6) is 2.45. The molecule has 0 spiro atoms. The normalized spacial score (nSPS) is 25.1. The van der Waals surface area contributed by atoms with Crippen LogP contribution in [0.25, 0.3) is 0 Å². The molecule has 2 atom stereocenters. The fourth-order valence-corrected chi connectivity index (χ4v) is 2.84. The van der Waals surface area contributed by atoms with E-state index in [0.29, 0.717) is 12.0 Å². The maximum Gasteiger partial charge on any atom is 0.141 e. The molecule has 1 aromatic rings. The van der Waals surface area contributed by atoms with Gasteiger partial charge in [-0.1, -0.05) is 20.8 Å². The van der Waals surface area contributed by atoms with Gasteiger partial charge in [0.15, 0.2) is 0 Å². The van der Waals surface area contributed by atoms with Crippen LogP contribution in [0.2, 0.25) is 0 Å². The Labute approximate surface area is 116 Å². The second-order valence-electron chi connectivity index (χ2n) is 6.24. The van der Waals surface area contributed by atoms with E-state index in [0.717, 1.165) is 37.9 Å². The molecule has 1 aromatic heterocycles. The molecule has 2 rings (SSSR count). The van der Waals surface area contributed by atoms with Crippen LogP contribution >= 0.6 is 0 Å². The van der Waals surface area contributed by atoms with E-state index in [1.165, 1.54) is 12.8 Å². The Balaban J connectivity index is 2.01. The van der Waals surface area contributed by atoms with Crippen LogP contribution < -0.4 is 5.73 Å². The topological polar surface area (TPSA) is 60.0 Å². The number of hydrogen-bond acceptors (Lipinski definition) is 4. The van der Waals surface area contributed by atoms with Gasteiger partial charge < -0.3 is 5.73 Å². The highest BCUT2D eigenvalue weighted by Gasteiger charge is 2.26. The average Bonchev–Trinajstić information content (AvgIpc) is 2.78. The van der Waals surface area contributed by atoms with E-state index in [9.17, 15) is 0 Å². The fraction of sp³-hybridized carbons (Fsp3) is 0.857. The van der Waals surface area contributed by atoms with E-state index in [4.69, 9.17) is 5.73 Å². The molecule has 19 heavy (non-hydrogen) atoms. The third kappa shape index (κ3) is 3.76. The molecule has 0 amide bonds. The summed E-state index contributed by atoms with van der Waals surface area (Å²) in [6, 6.07) is 0.493. The summed E-state index contributed by atoms with van der Waals surface area (Å²) in [4.78, 5) is 6.89. The number of piperidine rings is 1. The second kappa shape index (κ2) is 6.48. The summed E-state index contributed by atoms with van der Waals surface area (Å²) >= 11 is 0. The number of aromatic nitrogens is 3. The van der Waals surface area contributed by atoms with Crippen molar-refractivity contribution in [3.05, 3.63) is 12.2 Å². The molecule has 5 heteroatoms. The lowest BCUT2D eigenvalue weighted by molar-refractivity contribution is 0.110. The first-order valence-electron chi connectivity index (χ1n) is 7.41. The Morgan fingerprint density at radius 1 is 1.47 bits per heavy atom. The van der Waals surface area contributed by atoms with Gasteiger partial charge in [0, 0.05) is 19.1 Å². The van der Waals surface area contributed by atoms with Gasteiger partial charge in [-0.25, -0.2) is 9.67 Å². The van der Waals surface area contributed by atoms with Gasteiger partial charge in [-0.15, -0.1) is 0 Å². The minimum atomic E-state index is 0.493. The Kier molecular flexibility index (Phi) is 4.93. The Hall–Kier alpha value is -0.940. The van der Waals surface area contributed by atoms with Gasteiger partial charge in [0.25, 0.3) is 0 Å². The Morgan fingerprint density at radius 2 is 2.26 bits per heavy atom. The molecule has 0 radical (unpaired) electrons. The van der Waals surface area contributed by atoms with Crippen molar-refractivity contribution in [1.29, 1.82) is 0 Å². The molecule has 0 bridgehead atoms. The van der Waals surface area contributed by atoms with E-state index >= 15 is 0 Å². The molecule has 1 aliphatic heterocycles. The van der Waals surface area contributed by atoms with Gasteiger partial charge >= 0.3 is 0 Å². The van der Waals surface area contributed by atoms with E-state index in [1.807, 2.05) is 4.68 Å². The van der Waals surface area contributed by atoms with Crippen molar-refractivity contribution in [2.24, 2.45) is 17.6 Å². The molecule has 2 N–H and O–H groups in total. The van der Waals surface area contributed by atoms with Gasteiger partial charge in [-0.05, 0) is 31.2 Å². The van der Waals surface area contributed by atoms with Crippen molar-refractivity contribution in [1.82, 2.24) is 19.7 Å². The van der Waals surface area contributed by atoms with Crippen LogP contribution in [0.5, 0.6) is 0 Å². The predicted octanol–water partition coefficient (Wildman–Crippen LogP) is 1.49. The van der Waals surface area contributed by atoms with Gasteiger partial charge in [0.1, 0.15) is 12.2 Å². The standard InChI is InChI=1S/C14H27N5/c1-11(2)8-19-14(16-10-17-19)9-18-5-4-12(3)6-13(18)7-15/h10-13H,4-9,15H2,1-3H3. The SMILES string of the molecule is CC(C)Cn1ncnc1CN1CCC(C)CC1CN. The van der Waals surface area contributed by atoms with Crippen molar-refractivity contribution >= 4 is 0 Å². The molecule has 5 nitrogen and oxygen atoms in total. The molecule has 0 aliphatic carbocycles. The lowest BCUT2D eigenvalue weighted by atomic mass is 9.92. The predicted molar refractivity (Wildman–Crippen MR) is 76.5 cm³/mol. The van der Waals surface area contributed by atoms with Gasteiger partial charge in [-0.2, -0.15) is 5.10 Å². The highest BCUT2D eigenvalue weighted by Crippen LogP contribution is 2.23. The van der Waals surface area contributed by atoms with Crippen LogP contribution in [0.1, 0.15) is 39.4 Å². The summed E-state index contributed by atoms with van der Waals surface area (Å²) in [5, 5.41) is 4.34. The molecule has 0 aromatic carbocycles. The van der Waals surface area contributed by atoms with Crippen LogP contribution in [0.4, 0.5) is 0 Å². The van der Waals surface area contributed by atoms with E-state index in [-0.39, 0.29) is 0 Å². The maximum atomic E-state index is 5.92. The largest absolute Gasteiger partial charge is 0.329 e. The molecule has 108 valence electrons. The Morgan fingerprint density at radius 3 is 2.95 bits per heavy atom. The van der Waals surface area contributed by atoms with Crippen molar-refractivity contribution in [3.8, 4) is 0 Å². The molecular formula is C14H27N5. The van der Waals surface area contributed by atoms with Crippen molar-refractivity contribution in [2.75, 3.05) is 13.1 Å². The van der Waals surface area contributed by atoms with Crippen LogP contribution in [0.3, 0.4) is 0 Å². The first kappa shape index (κ1) is 14.5. The second-order valence-corrected chi connectivity index (χ2v) is 6.24. The lowest BCUT2D eigenvalue weighted by Gasteiger charge is -2.37. The molecule has 2 heterocycles. The minimum Gasteiger partial charge on any atom is -0.329 e. The molecule has 1 saturated heterocycles. The van der Waals surface area contributed by atoms with E-state index < -0.39 is 0 Å².